The molecule has 0 unspecified atom stereocenters. The summed E-state index contributed by atoms with van der Waals surface area (Å²) in [5, 5.41) is 6.71. The van der Waals surface area contributed by atoms with Gasteiger partial charge in [0.1, 0.15) is 0 Å². The van der Waals surface area contributed by atoms with Crippen molar-refractivity contribution in [2.45, 2.75) is 6.42 Å². The van der Waals surface area contributed by atoms with Crippen molar-refractivity contribution in [3.8, 4) is 0 Å². The summed E-state index contributed by atoms with van der Waals surface area (Å²) in [7, 11) is 0. The Labute approximate surface area is 129 Å². The van der Waals surface area contributed by atoms with Crippen molar-refractivity contribution >= 4 is 11.8 Å². The maximum absolute atomic E-state index is 12.1. The van der Waals surface area contributed by atoms with Crippen LogP contribution >= 0.6 is 0 Å². The van der Waals surface area contributed by atoms with E-state index in [4.69, 9.17) is 9.26 Å². The summed E-state index contributed by atoms with van der Waals surface area (Å²) in [6.45, 7) is 3.41. The Balaban J connectivity index is 1.51. The summed E-state index contributed by atoms with van der Waals surface area (Å²) in [5.41, 5.74) is 1.51. The molecule has 6 heteroatoms. The molecule has 1 aliphatic heterocycles. The molecule has 0 spiro atoms. The molecule has 116 valence electrons. The highest BCUT2D eigenvalue weighted by atomic mass is 16.5. The summed E-state index contributed by atoms with van der Waals surface area (Å²) in [4.78, 5) is 14.1. The number of ether oxygens (including phenoxy) is 1. The lowest BCUT2D eigenvalue weighted by Crippen LogP contribution is -2.35. The number of amides is 1. The minimum atomic E-state index is -0.209. The third-order valence-corrected chi connectivity index (χ3v) is 3.60. The van der Waals surface area contributed by atoms with Crippen LogP contribution in [0.5, 0.6) is 0 Å². The van der Waals surface area contributed by atoms with Gasteiger partial charge in [-0.2, -0.15) is 0 Å². The van der Waals surface area contributed by atoms with E-state index in [0.717, 1.165) is 19.5 Å². The van der Waals surface area contributed by atoms with Crippen LogP contribution in [0.25, 0.3) is 0 Å². The molecule has 1 N–H and O–H groups in total. The fourth-order valence-electron chi connectivity index (χ4n) is 2.36. The van der Waals surface area contributed by atoms with Crippen LogP contribution in [0.1, 0.15) is 16.1 Å². The van der Waals surface area contributed by atoms with Crippen molar-refractivity contribution in [1.82, 2.24) is 10.5 Å². The number of benzene rings is 1. The average Bonchev–Trinajstić information content (AvgIpc) is 3.07. The number of hydrogen-bond donors (Lipinski definition) is 1. The van der Waals surface area contributed by atoms with Gasteiger partial charge in [0.05, 0.1) is 13.2 Å². The quantitative estimate of drug-likeness (QED) is 0.906. The van der Waals surface area contributed by atoms with Gasteiger partial charge < -0.3 is 19.5 Å². The van der Waals surface area contributed by atoms with Gasteiger partial charge in [0, 0.05) is 25.7 Å². The summed E-state index contributed by atoms with van der Waals surface area (Å²) >= 11 is 0. The Morgan fingerprint density at radius 1 is 1.23 bits per heavy atom. The molecular weight excluding hydrogens is 282 g/mol. The average molecular weight is 301 g/mol. The Morgan fingerprint density at radius 3 is 2.77 bits per heavy atom. The molecule has 1 fully saturated rings. The first-order valence-electron chi connectivity index (χ1n) is 7.44. The smallest absolute Gasteiger partial charge is 0.273 e. The molecule has 3 rings (SSSR count). The molecule has 1 aromatic heterocycles. The van der Waals surface area contributed by atoms with Crippen LogP contribution in [0.3, 0.4) is 0 Å². The second-order valence-electron chi connectivity index (χ2n) is 5.14. The van der Waals surface area contributed by atoms with Gasteiger partial charge in [0.25, 0.3) is 5.91 Å². The third kappa shape index (κ3) is 3.65. The van der Waals surface area contributed by atoms with Crippen molar-refractivity contribution in [3.63, 3.8) is 0 Å². The molecule has 1 saturated heterocycles. The lowest BCUT2D eigenvalue weighted by atomic mass is 10.1. The zero-order valence-electron chi connectivity index (χ0n) is 12.3. The number of nitrogens with zero attached hydrogens (tertiary/aromatic N) is 2. The minimum absolute atomic E-state index is 0.209. The summed E-state index contributed by atoms with van der Waals surface area (Å²) in [6.07, 6.45) is 0.792. The molecular formula is C16H19N3O3. The number of hydrogen-bond acceptors (Lipinski definition) is 5. The zero-order chi connectivity index (χ0) is 15.2. The molecule has 0 atom stereocenters. The van der Waals surface area contributed by atoms with E-state index in [0.29, 0.717) is 31.3 Å². The summed E-state index contributed by atoms with van der Waals surface area (Å²) < 4.78 is 10.5. The molecule has 1 aliphatic rings. The maximum atomic E-state index is 12.1. The van der Waals surface area contributed by atoms with E-state index < -0.39 is 0 Å². The van der Waals surface area contributed by atoms with Crippen LogP contribution in [0, 0.1) is 0 Å². The van der Waals surface area contributed by atoms with E-state index in [2.05, 4.69) is 10.5 Å². The zero-order valence-corrected chi connectivity index (χ0v) is 12.3. The molecule has 0 radical (unpaired) electrons. The Kier molecular flexibility index (Phi) is 4.70. The fraction of sp³-hybridized carbons (Fsp3) is 0.375. The molecule has 1 aromatic carbocycles. The minimum Gasteiger partial charge on any atom is -0.378 e. The SMILES string of the molecule is O=C(NCCc1ccccc1)c1cc(N2CCOCC2)on1. The van der Waals surface area contributed by atoms with Crippen molar-refractivity contribution in [3.05, 3.63) is 47.7 Å². The van der Waals surface area contributed by atoms with Crippen LogP contribution in [0.4, 0.5) is 5.88 Å². The first-order valence-corrected chi connectivity index (χ1v) is 7.44. The molecule has 0 aliphatic carbocycles. The Morgan fingerprint density at radius 2 is 2.00 bits per heavy atom. The second kappa shape index (κ2) is 7.09. The number of rotatable bonds is 5. The number of carbonyl (C=O) groups is 1. The first-order chi connectivity index (χ1) is 10.8. The lowest BCUT2D eigenvalue weighted by Gasteiger charge is -2.25. The fourth-order valence-corrected chi connectivity index (χ4v) is 2.36. The number of carbonyl (C=O) groups excluding carboxylic acids is 1. The third-order valence-electron chi connectivity index (χ3n) is 3.60. The van der Waals surface area contributed by atoms with Gasteiger partial charge in [0.2, 0.25) is 5.88 Å². The maximum Gasteiger partial charge on any atom is 0.273 e. The molecule has 1 amide bonds. The van der Waals surface area contributed by atoms with E-state index in [1.807, 2.05) is 35.2 Å². The van der Waals surface area contributed by atoms with Crippen molar-refractivity contribution < 1.29 is 14.1 Å². The highest BCUT2D eigenvalue weighted by molar-refractivity contribution is 5.92. The van der Waals surface area contributed by atoms with Gasteiger partial charge in [0.15, 0.2) is 5.69 Å². The summed E-state index contributed by atoms with van der Waals surface area (Å²) in [5.74, 6) is 0.413. The van der Waals surface area contributed by atoms with Crippen LogP contribution in [-0.4, -0.2) is 43.9 Å². The number of aromatic nitrogens is 1. The monoisotopic (exact) mass is 301 g/mol. The molecule has 2 heterocycles. The van der Waals surface area contributed by atoms with Crippen LogP contribution in [0.15, 0.2) is 40.9 Å². The van der Waals surface area contributed by atoms with E-state index >= 15 is 0 Å². The highest BCUT2D eigenvalue weighted by Gasteiger charge is 2.18. The lowest BCUT2D eigenvalue weighted by molar-refractivity contribution is 0.0945. The molecule has 0 bridgehead atoms. The molecule has 2 aromatic rings. The molecule has 22 heavy (non-hydrogen) atoms. The number of morpholine rings is 1. The van der Waals surface area contributed by atoms with Gasteiger partial charge in [-0.1, -0.05) is 35.5 Å². The van der Waals surface area contributed by atoms with Crippen LogP contribution in [-0.2, 0) is 11.2 Å². The van der Waals surface area contributed by atoms with Crippen LogP contribution in [0.2, 0.25) is 0 Å². The standard InChI is InChI=1S/C16H19N3O3/c20-16(17-7-6-13-4-2-1-3-5-13)14-12-15(22-18-14)19-8-10-21-11-9-19/h1-5,12H,6-11H2,(H,17,20). The first kappa shape index (κ1) is 14.6. The van der Waals surface area contributed by atoms with Gasteiger partial charge in [-0.25, -0.2) is 0 Å². The van der Waals surface area contributed by atoms with Gasteiger partial charge >= 0.3 is 0 Å². The van der Waals surface area contributed by atoms with Gasteiger partial charge in [-0.05, 0) is 12.0 Å². The Bertz CT molecular complexity index is 606. The van der Waals surface area contributed by atoms with E-state index in [9.17, 15) is 4.79 Å². The topological polar surface area (TPSA) is 67.6 Å². The largest absolute Gasteiger partial charge is 0.378 e. The van der Waals surface area contributed by atoms with Crippen molar-refractivity contribution in [2.24, 2.45) is 0 Å². The normalized spacial score (nSPS) is 14.8. The van der Waals surface area contributed by atoms with Crippen molar-refractivity contribution in [1.29, 1.82) is 0 Å². The number of anilines is 1. The van der Waals surface area contributed by atoms with Crippen molar-refractivity contribution in [2.75, 3.05) is 37.7 Å². The highest BCUT2D eigenvalue weighted by Crippen LogP contribution is 2.17. The van der Waals surface area contributed by atoms with Gasteiger partial charge in [-0.15, -0.1) is 0 Å². The molecule has 0 saturated carbocycles. The van der Waals surface area contributed by atoms with Gasteiger partial charge in [-0.3, -0.25) is 4.79 Å². The summed E-state index contributed by atoms with van der Waals surface area (Å²) in [6, 6.07) is 11.7. The predicted octanol–water partition coefficient (Wildman–Crippen LogP) is 1.48. The predicted molar refractivity (Wildman–Crippen MR) is 82.0 cm³/mol. The van der Waals surface area contributed by atoms with E-state index in [1.54, 1.807) is 6.07 Å². The second-order valence-corrected chi connectivity index (χ2v) is 5.14. The van der Waals surface area contributed by atoms with E-state index in [-0.39, 0.29) is 5.91 Å². The molecule has 6 nitrogen and oxygen atoms in total. The van der Waals surface area contributed by atoms with E-state index in [1.165, 1.54) is 5.56 Å². The Hall–Kier alpha value is -2.34. The number of nitrogens with one attached hydrogen (secondary N) is 1. The van der Waals surface area contributed by atoms with Crippen LogP contribution < -0.4 is 10.2 Å².